The van der Waals surface area contributed by atoms with E-state index in [2.05, 4.69) is 38.9 Å². The fraction of sp³-hybridized carbons (Fsp3) is 0.227. The van der Waals surface area contributed by atoms with Crippen molar-refractivity contribution in [1.82, 2.24) is 15.0 Å². The fourth-order valence-electron chi connectivity index (χ4n) is 3.92. The van der Waals surface area contributed by atoms with Crippen molar-refractivity contribution in [3.63, 3.8) is 0 Å². The number of aryl methyl sites for hydroxylation is 2. The Labute approximate surface area is 166 Å². The van der Waals surface area contributed by atoms with Crippen LogP contribution in [0.25, 0.3) is 10.9 Å². The van der Waals surface area contributed by atoms with E-state index in [4.69, 9.17) is 0 Å². The van der Waals surface area contributed by atoms with Crippen LogP contribution in [0.4, 0.5) is 5.95 Å². The highest BCUT2D eigenvalue weighted by atomic mass is 32.1. The molecule has 0 aliphatic carbocycles. The van der Waals surface area contributed by atoms with Gasteiger partial charge in [0.1, 0.15) is 6.04 Å². The lowest BCUT2D eigenvalue weighted by Crippen LogP contribution is -2.24. The maximum Gasteiger partial charge on any atom is 0.226 e. The third kappa shape index (κ3) is 2.64. The number of H-pyrrole nitrogens is 1. The van der Waals surface area contributed by atoms with Crippen LogP contribution in [0.3, 0.4) is 0 Å². The van der Waals surface area contributed by atoms with E-state index >= 15 is 0 Å². The number of fused-ring (bicyclic) bond motifs is 2. The molecule has 0 saturated carbocycles. The largest absolute Gasteiger partial charge is 0.356 e. The zero-order valence-corrected chi connectivity index (χ0v) is 16.6. The summed E-state index contributed by atoms with van der Waals surface area (Å²) < 4.78 is 0. The number of hydrogen-bond donors (Lipinski definition) is 1. The van der Waals surface area contributed by atoms with Gasteiger partial charge in [0.15, 0.2) is 5.43 Å². The van der Waals surface area contributed by atoms with Gasteiger partial charge in [0.25, 0.3) is 0 Å². The van der Waals surface area contributed by atoms with Gasteiger partial charge in [-0.05, 0) is 43.7 Å². The van der Waals surface area contributed by atoms with Gasteiger partial charge in [0, 0.05) is 38.6 Å². The number of nitrogens with zero attached hydrogens (tertiary/aromatic N) is 3. The van der Waals surface area contributed by atoms with Gasteiger partial charge in [-0.3, -0.25) is 4.79 Å². The number of aromatic amines is 1. The number of thiophene rings is 1. The minimum absolute atomic E-state index is 0.0823. The quantitative estimate of drug-likeness (QED) is 0.566. The van der Waals surface area contributed by atoms with Crippen LogP contribution in [0, 0.1) is 6.92 Å². The van der Waals surface area contributed by atoms with Crippen molar-refractivity contribution in [2.45, 2.75) is 32.9 Å². The van der Waals surface area contributed by atoms with Crippen LogP contribution in [0.2, 0.25) is 0 Å². The average Bonchev–Trinajstić information content (AvgIpc) is 3.34. The van der Waals surface area contributed by atoms with Crippen molar-refractivity contribution in [3.8, 4) is 0 Å². The van der Waals surface area contributed by atoms with Gasteiger partial charge in [-0.2, -0.15) is 0 Å². The summed E-state index contributed by atoms with van der Waals surface area (Å²) in [4.78, 5) is 30.4. The minimum Gasteiger partial charge on any atom is -0.356 e. The molecule has 4 heterocycles. The SMILES string of the molecule is CCc1ccc(C2c3[nH]c4ccc(C)cc4c(=O)c3CN2c2ncccn2)s1. The van der Waals surface area contributed by atoms with Gasteiger partial charge < -0.3 is 9.88 Å². The van der Waals surface area contributed by atoms with E-state index in [9.17, 15) is 4.79 Å². The first-order chi connectivity index (χ1) is 13.7. The summed E-state index contributed by atoms with van der Waals surface area (Å²) in [5, 5.41) is 0.744. The molecule has 6 heteroatoms. The van der Waals surface area contributed by atoms with E-state index in [0.717, 1.165) is 34.1 Å². The van der Waals surface area contributed by atoms with E-state index in [1.54, 1.807) is 23.7 Å². The van der Waals surface area contributed by atoms with Crippen LogP contribution < -0.4 is 10.3 Å². The Kier molecular flexibility index (Phi) is 4.02. The summed E-state index contributed by atoms with van der Waals surface area (Å²) in [6.45, 7) is 4.67. The maximum atomic E-state index is 13.3. The maximum absolute atomic E-state index is 13.3. The lowest BCUT2D eigenvalue weighted by molar-refractivity contribution is 0.738. The number of aromatic nitrogens is 3. The van der Waals surface area contributed by atoms with Crippen molar-refractivity contribution in [3.05, 3.63) is 85.6 Å². The van der Waals surface area contributed by atoms with Crippen molar-refractivity contribution >= 4 is 28.2 Å². The molecular weight excluding hydrogens is 368 g/mol. The van der Waals surface area contributed by atoms with Crippen LogP contribution >= 0.6 is 11.3 Å². The van der Waals surface area contributed by atoms with Gasteiger partial charge in [0.05, 0.1) is 12.2 Å². The third-order valence-corrected chi connectivity index (χ3v) is 6.59. The van der Waals surface area contributed by atoms with E-state index in [0.29, 0.717) is 12.5 Å². The van der Waals surface area contributed by atoms with Crippen molar-refractivity contribution in [2.75, 3.05) is 4.90 Å². The first-order valence-corrected chi connectivity index (χ1v) is 10.2. The standard InChI is InChI=1S/C22H20N4OS/c1-3-14-6-8-18(28-14)20-19-16(12-26(20)22-23-9-4-10-24-22)21(27)15-11-13(2)5-7-17(15)25-19/h4-11,20H,3,12H2,1-2H3,(H,25,27). The van der Waals surface area contributed by atoms with Crippen LogP contribution in [0.15, 0.2) is 53.6 Å². The topological polar surface area (TPSA) is 61.9 Å². The van der Waals surface area contributed by atoms with Crippen LogP contribution in [-0.4, -0.2) is 15.0 Å². The van der Waals surface area contributed by atoms with E-state index < -0.39 is 0 Å². The molecule has 0 spiro atoms. The highest BCUT2D eigenvalue weighted by Gasteiger charge is 2.37. The van der Waals surface area contributed by atoms with Crippen LogP contribution in [-0.2, 0) is 13.0 Å². The Balaban J connectivity index is 1.75. The molecule has 140 valence electrons. The second-order valence-electron chi connectivity index (χ2n) is 7.13. The number of hydrogen-bond acceptors (Lipinski definition) is 5. The molecule has 1 N–H and O–H groups in total. The summed E-state index contributed by atoms with van der Waals surface area (Å²) in [5.74, 6) is 0.642. The molecule has 5 nitrogen and oxygen atoms in total. The first kappa shape index (κ1) is 17.1. The van der Waals surface area contributed by atoms with Crippen LogP contribution in [0.5, 0.6) is 0 Å². The molecule has 1 aliphatic heterocycles. The summed E-state index contributed by atoms with van der Waals surface area (Å²) in [7, 11) is 0. The van der Waals surface area contributed by atoms with E-state index in [-0.39, 0.29) is 11.5 Å². The lowest BCUT2D eigenvalue weighted by atomic mass is 10.0. The second kappa shape index (κ2) is 6.56. The number of benzene rings is 1. The Morgan fingerprint density at radius 1 is 1.21 bits per heavy atom. The predicted octanol–water partition coefficient (Wildman–Crippen LogP) is 4.36. The molecule has 28 heavy (non-hydrogen) atoms. The second-order valence-corrected chi connectivity index (χ2v) is 8.33. The van der Waals surface area contributed by atoms with Gasteiger partial charge in [-0.25, -0.2) is 9.97 Å². The zero-order valence-electron chi connectivity index (χ0n) is 15.8. The predicted molar refractivity (Wildman–Crippen MR) is 113 cm³/mol. The highest BCUT2D eigenvalue weighted by Crippen LogP contribution is 2.41. The summed E-state index contributed by atoms with van der Waals surface area (Å²) >= 11 is 1.79. The molecule has 0 fully saturated rings. The fourth-order valence-corrected chi connectivity index (χ4v) is 5.00. The molecule has 0 amide bonds. The Morgan fingerprint density at radius 3 is 2.79 bits per heavy atom. The molecule has 5 rings (SSSR count). The molecule has 1 unspecified atom stereocenters. The van der Waals surface area contributed by atoms with Crippen molar-refractivity contribution in [2.24, 2.45) is 0 Å². The molecule has 0 radical (unpaired) electrons. The Hall–Kier alpha value is -2.99. The zero-order chi connectivity index (χ0) is 19.3. The summed E-state index contributed by atoms with van der Waals surface area (Å²) in [6, 6.07) is 12.1. The van der Waals surface area contributed by atoms with Gasteiger partial charge in [-0.1, -0.05) is 18.6 Å². The summed E-state index contributed by atoms with van der Waals surface area (Å²) in [6.07, 6.45) is 4.49. The van der Waals surface area contributed by atoms with Gasteiger partial charge in [-0.15, -0.1) is 11.3 Å². The number of pyridine rings is 1. The molecule has 1 aliphatic rings. The normalized spacial score (nSPS) is 15.9. The molecule has 4 aromatic rings. The molecule has 1 aromatic carbocycles. The highest BCUT2D eigenvalue weighted by molar-refractivity contribution is 7.12. The molecule has 1 atom stereocenters. The van der Waals surface area contributed by atoms with E-state index in [1.165, 1.54) is 9.75 Å². The molecule has 0 saturated heterocycles. The van der Waals surface area contributed by atoms with Crippen molar-refractivity contribution < 1.29 is 0 Å². The molecule has 0 bridgehead atoms. The lowest BCUT2D eigenvalue weighted by Gasteiger charge is -2.24. The number of nitrogens with one attached hydrogen (secondary N) is 1. The van der Waals surface area contributed by atoms with Gasteiger partial charge >= 0.3 is 0 Å². The Morgan fingerprint density at radius 2 is 2.04 bits per heavy atom. The third-order valence-electron chi connectivity index (χ3n) is 5.31. The Bertz CT molecular complexity index is 1230. The number of anilines is 1. The summed E-state index contributed by atoms with van der Waals surface area (Å²) in [5.41, 5.74) is 3.83. The molecule has 3 aromatic heterocycles. The number of rotatable bonds is 3. The van der Waals surface area contributed by atoms with Crippen molar-refractivity contribution in [1.29, 1.82) is 0 Å². The van der Waals surface area contributed by atoms with Gasteiger partial charge in [0.2, 0.25) is 5.95 Å². The smallest absolute Gasteiger partial charge is 0.226 e. The minimum atomic E-state index is -0.0823. The van der Waals surface area contributed by atoms with E-state index in [1.807, 2.05) is 31.2 Å². The van der Waals surface area contributed by atoms with Crippen LogP contribution in [0.1, 0.15) is 39.5 Å². The average molecular weight is 388 g/mol. The first-order valence-electron chi connectivity index (χ1n) is 9.43. The monoisotopic (exact) mass is 388 g/mol. The molecular formula is C22H20N4OS.